The van der Waals surface area contributed by atoms with Crippen LogP contribution in [0.5, 0.6) is 0 Å². The average molecular weight is 291 g/mol. The lowest BCUT2D eigenvalue weighted by molar-refractivity contribution is -0.159. The molecule has 1 aliphatic rings. The topological polar surface area (TPSA) is 55.8 Å². The normalized spacial score (nSPS) is 19.9. The Kier molecular flexibility index (Phi) is 5.33. The number of rotatable bonds is 4. The second kappa shape index (κ2) is 7.22. The molecule has 0 aliphatic carbocycles. The van der Waals surface area contributed by atoms with Gasteiger partial charge in [0.15, 0.2) is 6.10 Å². The Morgan fingerprint density at radius 1 is 1.19 bits per heavy atom. The molecule has 5 heteroatoms. The second-order valence-electron chi connectivity index (χ2n) is 5.09. The molecule has 1 aromatic rings. The number of esters is 1. The van der Waals surface area contributed by atoms with Crippen molar-refractivity contribution in [2.24, 2.45) is 0 Å². The first-order valence-electron chi connectivity index (χ1n) is 7.15. The highest BCUT2D eigenvalue weighted by atomic mass is 16.5. The standard InChI is InChI=1S/C16H21NO4/c1-20-14(12-8-4-3-5-9-12)15(18)17-11-7-6-10-13(17)16(19)21-2/h3-5,8-9,13-14H,6-7,10-11H2,1-2H3/t13-,14?/m1/s1. The van der Waals surface area contributed by atoms with Gasteiger partial charge in [-0.15, -0.1) is 0 Å². The summed E-state index contributed by atoms with van der Waals surface area (Å²) in [6.07, 6.45) is 1.78. The summed E-state index contributed by atoms with van der Waals surface area (Å²) in [4.78, 5) is 26.2. The average Bonchev–Trinajstić information content (AvgIpc) is 2.55. The first kappa shape index (κ1) is 15.5. The smallest absolute Gasteiger partial charge is 0.328 e. The number of amides is 1. The highest BCUT2D eigenvalue weighted by molar-refractivity contribution is 5.88. The Hall–Kier alpha value is -1.88. The summed E-state index contributed by atoms with van der Waals surface area (Å²) < 4.78 is 10.2. The SMILES string of the molecule is COC(=O)[C@H]1CCCCN1C(=O)C(OC)c1ccccc1. The van der Waals surface area contributed by atoms with Gasteiger partial charge >= 0.3 is 5.97 Å². The molecule has 2 rings (SSSR count). The first-order valence-corrected chi connectivity index (χ1v) is 7.15. The van der Waals surface area contributed by atoms with Gasteiger partial charge in [0, 0.05) is 13.7 Å². The monoisotopic (exact) mass is 291 g/mol. The third-order valence-corrected chi connectivity index (χ3v) is 3.82. The predicted molar refractivity (Wildman–Crippen MR) is 77.6 cm³/mol. The Bertz CT molecular complexity index is 488. The molecule has 1 aliphatic heterocycles. The minimum atomic E-state index is -0.684. The maximum Gasteiger partial charge on any atom is 0.328 e. The van der Waals surface area contributed by atoms with E-state index in [1.54, 1.807) is 4.90 Å². The van der Waals surface area contributed by atoms with Crippen LogP contribution in [0.25, 0.3) is 0 Å². The van der Waals surface area contributed by atoms with E-state index in [1.807, 2.05) is 30.3 Å². The van der Waals surface area contributed by atoms with Crippen LogP contribution in [0.2, 0.25) is 0 Å². The van der Waals surface area contributed by atoms with Crippen molar-refractivity contribution in [2.45, 2.75) is 31.4 Å². The van der Waals surface area contributed by atoms with Crippen molar-refractivity contribution in [3.63, 3.8) is 0 Å². The molecule has 1 saturated heterocycles. The van der Waals surface area contributed by atoms with Crippen molar-refractivity contribution >= 4 is 11.9 Å². The molecular weight excluding hydrogens is 270 g/mol. The third kappa shape index (κ3) is 3.42. The fourth-order valence-electron chi connectivity index (χ4n) is 2.73. The van der Waals surface area contributed by atoms with Gasteiger partial charge < -0.3 is 14.4 Å². The molecule has 0 N–H and O–H groups in total. The van der Waals surface area contributed by atoms with Crippen LogP contribution in [0.1, 0.15) is 30.9 Å². The lowest BCUT2D eigenvalue weighted by atomic mass is 9.99. The zero-order valence-corrected chi connectivity index (χ0v) is 12.5. The molecule has 1 aromatic carbocycles. The number of hydrogen-bond acceptors (Lipinski definition) is 4. The summed E-state index contributed by atoms with van der Waals surface area (Å²) in [5.74, 6) is -0.537. The molecule has 1 unspecified atom stereocenters. The first-order chi connectivity index (χ1) is 10.2. The zero-order chi connectivity index (χ0) is 15.2. The molecule has 0 bridgehead atoms. The molecule has 1 amide bonds. The van der Waals surface area contributed by atoms with E-state index in [0.29, 0.717) is 13.0 Å². The summed E-state index contributed by atoms with van der Waals surface area (Å²) in [6.45, 7) is 0.561. The van der Waals surface area contributed by atoms with Gasteiger partial charge in [0.2, 0.25) is 0 Å². The second-order valence-corrected chi connectivity index (χ2v) is 5.09. The molecule has 2 atom stereocenters. The van der Waals surface area contributed by atoms with Crippen LogP contribution in [0.4, 0.5) is 0 Å². The van der Waals surface area contributed by atoms with E-state index in [9.17, 15) is 9.59 Å². The van der Waals surface area contributed by atoms with E-state index >= 15 is 0 Å². The van der Waals surface area contributed by atoms with E-state index < -0.39 is 12.1 Å². The number of carbonyl (C=O) groups excluding carboxylic acids is 2. The van der Waals surface area contributed by atoms with Crippen molar-refractivity contribution in [1.82, 2.24) is 4.90 Å². The minimum absolute atomic E-state index is 0.182. The van der Waals surface area contributed by atoms with E-state index in [1.165, 1.54) is 14.2 Å². The molecule has 0 spiro atoms. The molecule has 1 heterocycles. The van der Waals surface area contributed by atoms with Gasteiger partial charge in [0.25, 0.3) is 5.91 Å². The Morgan fingerprint density at radius 2 is 1.90 bits per heavy atom. The number of nitrogens with zero attached hydrogens (tertiary/aromatic N) is 1. The van der Waals surface area contributed by atoms with E-state index in [-0.39, 0.29) is 11.9 Å². The Balaban J connectivity index is 2.21. The van der Waals surface area contributed by atoms with Crippen molar-refractivity contribution < 1.29 is 19.1 Å². The van der Waals surface area contributed by atoms with Crippen LogP contribution in [0, 0.1) is 0 Å². The minimum Gasteiger partial charge on any atom is -0.467 e. The number of piperidine rings is 1. The van der Waals surface area contributed by atoms with Crippen LogP contribution >= 0.6 is 0 Å². The number of methoxy groups -OCH3 is 2. The third-order valence-electron chi connectivity index (χ3n) is 3.82. The molecule has 114 valence electrons. The van der Waals surface area contributed by atoms with Crippen LogP contribution in [0.3, 0.4) is 0 Å². The Morgan fingerprint density at radius 3 is 2.52 bits per heavy atom. The number of ether oxygens (including phenoxy) is 2. The summed E-state index contributed by atoms with van der Waals surface area (Å²) in [7, 11) is 2.86. The highest BCUT2D eigenvalue weighted by Gasteiger charge is 2.36. The molecule has 21 heavy (non-hydrogen) atoms. The van der Waals surface area contributed by atoms with Crippen LogP contribution in [-0.4, -0.2) is 43.6 Å². The van der Waals surface area contributed by atoms with Crippen molar-refractivity contribution in [3.8, 4) is 0 Å². The predicted octanol–water partition coefficient (Wildman–Crippen LogP) is 1.93. The molecule has 0 radical (unpaired) electrons. The summed E-state index contributed by atoms with van der Waals surface area (Å²) in [5.41, 5.74) is 0.791. The van der Waals surface area contributed by atoms with Crippen molar-refractivity contribution in [3.05, 3.63) is 35.9 Å². The van der Waals surface area contributed by atoms with Crippen molar-refractivity contribution in [2.75, 3.05) is 20.8 Å². The fraction of sp³-hybridized carbons (Fsp3) is 0.500. The zero-order valence-electron chi connectivity index (χ0n) is 12.5. The van der Waals surface area contributed by atoms with Gasteiger partial charge in [-0.1, -0.05) is 30.3 Å². The van der Waals surface area contributed by atoms with Gasteiger partial charge in [0.1, 0.15) is 6.04 Å². The number of carbonyl (C=O) groups is 2. The van der Waals surface area contributed by atoms with Gasteiger partial charge in [-0.25, -0.2) is 4.79 Å². The molecular formula is C16H21NO4. The van der Waals surface area contributed by atoms with Crippen LogP contribution in [-0.2, 0) is 19.1 Å². The Labute approximate surface area is 124 Å². The number of likely N-dealkylation sites (tertiary alicyclic amines) is 1. The number of hydrogen-bond donors (Lipinski definition) is 0. The molecule has 0 aromatic heterocycles. The van der Waals surface area contributed by atoms with E-state index in [2.05, 4.69) is 0 Å². The summed E-state index contributed by atoms with van der Waals surface area (Å²) in [5, 5.41) is 0. The lowest BCUT2D eigenvalue weighted by Crippen LogP contribution is -2.50. The van der Waals surface area contributed by atoms with Crippen LogP contribution < -0.4 is 0 Å². The van der Waals surface area contributed by atoms with Gasteiger partial charge in [-0.3, -0.25) is 4.79 Å². The summed E-state index contributed by atoms with van der Waals surface area (Å²) >= 11 is 0. The maximum atomic E-state index is 12.8. The summed E-state index contributed by atoms with van der Waals surface area (Å²) in [6, 6.07) is 8.81. The highest BCUT2D eigenvalue weighted by Crippen LogP contribution is 2.25. The van der Waals surface area contributed by atoms with Crippen molar-refractivity contribution in [1.29, 1.82) is 0 Å². The molecule has 1 fully saturated rings. The van der Waals surface area contributed by atoms with Crippen LogP contribution in [0.15, 0.2) is 30.3 Å². The number of benzene rings is 1. The fourth-order valence-corrected chi connectivity index (χ4v) is 2.73. The maximum absolute atomic E-state index is 12.8. The van der Waals surface area contributed by atoms with Gasteiger partial charge in [-0.2, -0.15) is 0 Å². The molecule has 0 saturated carbocycles. The molecule has 5 nitrogen and oxygen atoms in total. The van der Waals surface area contributed by atoms with Gasteiger partial charge in [0.05, 0.1) is 7.11 Å². The van der Waals surface area contributed by atoms with E-state index in [0.717, 1.165) is 18.4 Å². The van der Waals surface area contributed by atoms with E-state index in [4.69, 9.17) is 9.47 Å². The lowest BCUT2D eigenvalue weighted by Gasteiger charge is -2.35. The quantitative estimate of drug-likeness (QED) is 0.795. The largest absolute Gasteiger partial charge is 0.467 e. The van der Waals surface area contributed by atoms with Gasteiger partial charge in [-0.05, 0) is 24.8 Å².